The van der Waals surface area contributed by atoms with E-state index in [0.29, 0.717) is 23.7 Å². The van der Waals surface area contributed by atoms with Crippen LogP contribution in [-0.2, 0) is 16.0 Å². The van der Waals surface area contributed by atoms with Gasteiger partial charge in [-0.15, -0.1) is 0 Å². The SMILES string of the molecule is O=C1CCCN1CN(C(=O)Cc1ccc(Cl)cc1)c1ccc([N+](=O)[O-])cc1. The highest BCUT2D eigenvalue weighted by atomic mass is 35.5. The van der Waals surface area contributed by atoms with Crippen molar-refractivity contribution < 1.29 is 14.5 Å². The number of likely N-dealkylation sites (tertiary alicyclic amines) is 1. The number of hydrogen-bond acceptors (Lipinski definition) is 4. The Morgan fingerprint density at radius 3 is 2.37 bits per heavy atom. The zero-order valence-corrected chi connectivity index (χ0v) is 15.3. The number of nitro groups is 1. The van der Waals surface area contributed by atoms with Crippen molar-refractivity contribution in [2.24, 2.45) is 0 Å². The molecule has 1 aliphatic heterocycles. The minimum atomic E-state index is -0.492. The lowest BCUT2D eigenvalue weighted by molar-refractivity contribution is -0.384. The van der Waals surface area contributed by atoms with Gasteiger partial charge in [0.2, 0.25) is 11.8 Å². The van der Waals surface area contributed by atoms with Gasteiger partial charge in [-0.2, -0.15) is 0 Å². The van der Waals surface area contributed by atoms with E-state index in [1.54, 1.807) is 29.2 Å². The lowest BCUT2D eigenvalue weighted by Crippen LogP contribution is -2.43. The first-order chi connectivity index (χ1) is 12.9. The molecule has 1 aliphatic rings. The Morgan fingerprint density at radius 1 is 1.15 bits per heavy atom. The number of amides is 2. The van der Waals surface area contributed by atoms with Gasteiger partial charge in [-0.05, 0) is 36.2 Å². The normalized spacial score (nSPS) is 13.7. The van der Waals surface area contributed by atoms with Crippen molar-refractivity contribution in [1.82, 2.24) is 4.90 Å². The summed E-state index contributed by atoms with van der Waals surface area (Å²) in [5.74, 6) is -0.202. The van der Waals surface area contributed by atoms with Crippen molar-refractivity contribution in [1.29, 1.82) is 0 Å². The van der Waals surface area contributed by atoms with E-state index in [1.165, 1.54) is 29.2 Å². The summed E-state index contributed by atoms with van der Waals surface area (Å²) in [5.41, 5.74) is 1.25. The van der Waals surface area contributed by atoms with Crippen molar-refractivity contribution in [3.05, 3.63) is 69.2 Å². The molecule has 2 aromatic rings. The zero-order valence-electron chi connectivity index (χ0n) is 14.5. The van der Waals surface area contributed by atoms with Crippen LogP contribution in [0.5, 0.6) is 0 Å². The number of benzene rings is 2. The zero-order chi connectivity index (χ0) is 19.4. The molecule has 2 aromatic carbocycles. The van der Waals surface area contributed by atoms with Gasteiger partial charge in [0.1, 0.15) is 6.67 Å². The molecule has 0 N–H and O–H groups in total. The summed E-state index contributed by atoms with van der Waals surface area (Å²) in [7, 11) is 0. The third kappa shape index (κ3) is 4.62. The van der Waals surface area contributed by atoms with Gasteiger partial charge in [-0.25, -0.2) is 0 Å². The smallest absolute Gasteiger partial charge is 0.269 e. The van der Waals surface area contributed by atoms with E-state index in [2.05, 4.69) is 0 Å². The average molecular weight is 388 g/mol. The van der Waals surface area contributed by atoms with Crippen LogP contribution in [0.2, 0.25) is 5.02 Å². The van der Waals surface area contributed by atoms with E-state index in [4.69, 9.17) is 11.6 Å². The Kier molecular flexibility index (Phi) is 5.71. The number of rotatable bonds is 6. The van der Waals surface area contributed by atoms with Gasteiger partial charge >= 0.3 is 0 Å². The highest BCUT2D eigenvalue weighted by Gasteiger charge is 2.26. The maximum absolute atomic E-state index is 12.9. The van der Waals surface area contributed by atoms with E-state index in [1.807, 2.05) is 0 Å². The van der Waals surface area contributed by atoms with Crippen LogP contribution in [-0.4, -0.2) is 34.9 Å². The topological polar surface area (TPSA) is 83.8 Å². The minimum Gasteiger partial charge on any atom is -0.324 e. The van der Waals surface area contributed by atoms with Crippen LogP contribution in [0.25, 0.3) is 0 Å². The van der Waals surface area contributed by atoms with E-state index in [9.17, 15) is 19.7 Å². The summed E-state index contributed by atoms with van der Waals surface area (Å²) < 4.78 is 0. The molecule has 7 nitrogen and oxygen atoms in total. The van der Waals surface area contributed by atoms with Gasteiger partial charge in [-0.1, -0.05) is 23.7 Å². The van der Waals surface area contributed by atoms with E-state index < -0.39 is 4.92 Å². The molecule has 0 bridgehead atoms. The maximum atomic E-state index is 12.9. The lowest BCUT2D eigenvalue weighted by atomic mass is 10.1. The fourth-order valence-corrected chi connectivity index (χ4v) is 3.08. The fourth-order valence-electron chi connectivity index (χ4n) is 2.96. The molecule has 0 radical (unpaired) electrons. The summed E-state index contributed by atoms with van der Waals surface area (Å²) >= 11 is 5.88. The second-order valence-electron chi connectivity index (χ2n) is 6.30. The standard InChI is InChI=1S/C19H18ClN3O4/c20-15-5-3-14(4-6-15)12-19(25)22(13-21-11-1-2-18(21)24)16-7-9-17(10-8-16)23(26)27/h3-10H,1-2,11-13H2. The molecule has 1 heterocycles. The summed E-state index contributed by atoms with van der Waals surface area (Å²) in [5, 5.41) is 11.5. The number of non-ortho nitro benzene ring substituents is 1. The van der Waals surface area contributed by atoms with Crippen molar-refractivity contribution in [3.8, 4) is 0 Å². The molecule has 1 saturated heterocycles. The Morgan fingerprint density at radius 2 is 1.81 bits per heavy atom. The Labute approximate surface area is 161 Å². The number of carbonyl (C=O) groups is 2. The highest BCUT2D eigenvalue weighted by Crippen LogP contribution is 2.22. The average Bonchev–Trinajstić information content (AvgIpc) is 3.06. The third-order valence-corrected chi connectivity index (χ3v) is 4.68. The number of nitro benzene ring substituents is 1. The first kappa shape index (κ1) is 18.8. The van der Waals surface area contributed by atoms with Crippen LogP contribution < -0.4 is 4.90 Å². The van der Waals surface area contributed by atoms with Crippen molar-refractivity contribution in [3.63, 3.8) is 0 Å². The Bertz CT molecular complexity index is 852. The molecule has 0 unspecified atom stereocenters. The van der Waals surface area contributed by atoms with Gasteiger partial charge in [0, 0.05) is 35.8 Å². The molecule has 3 rings (SSSR count). The summed E-state index contributed by atoms with van der Waals surface area (Å²) in [6, 6.07) is 12.7. The summed E-state index contributed by atoms with van der Waals surface area (Å²) in [6.07, 6.45) is 1.37. The van der Waals surface area contributed by atoms with Crippen LogP contribution in [0.1, 0.15) is 18.4 Å². The Balaban J connectivity index is 1.83. The predicted molar refractivity (Wildman–Crippen MR) is 102 cm³/mol. The fraction of sp³-hybridized carbons (Fsp3) is 0.263. The molecule has 140 valence electrons. The van der Waals surface area contributed by atoms with Crippen LogP contribution in [0.4, 0.5) is 11.4 Å². The molecular weight excluding hydrogens is 370 g/mol. The van der Waals surface area contributed by atoms with Crippen molar-refractivity contribution >= 4 is 34.8 Å². The lowest BCUT2D eigenvalue weighted by Gasteiger charge is -2.28. The largest absolute Gasteiger partial charge is 0.324 e. The first-order valence-corrected chi connectivity index (χ1v) is 8.89. The molecular formula is C19H18ClN3O4. The number of hydrogen-bond donors (Lipinski definition) is 0. The van der Waals surface area contributed by atoms with Crippen LogP contribution in [0, 0.1) is 10.1 Å². The highest BCUT2D eigenvalue weighted by molar-refractivity contribution is 6.30. The van der Waals surface area contributed by atoms with Crippen LogP contribution in [0.15, 0.2) is 48.5 Å². The second-order valence-corrected chi connectivity index (χ2v) is 6.74. The molecule has 8 heteroatoms. The first-order valence-electron chi connectivity index (χ1n) is 8.51. The van der Waals surface area contributed by atoms with Gasteiger partial charge in [0.05, 0.1) is 11.3 Å². The van der Waals surface area contributed by atoms with Gasteiger partial charge in [-0.3, -0.25) is 24.6 Å². The van der Waals surface area contributed by atoms with E-state index >= 15 is 0 Å². The molecule has 0 aliphatic carbocycles. The molecule has 2 amide bonds. The van der Waals surface area contributed by atoms with Crippen molar-refractivity contribution in [2.75, 3.05) is 18.1 Å². The molecule has 0 spiro atoms. The number of anilines is 1. The number of halogens is 1. The molecule has 0 saturated carbocycles. The van der Waals surface area contributed by atoms with Gasteiger partial charge in [0.15, 0.2) is 0 Å². The second kappa shape index (κ2) is 8.18. The summed E-state index contributed by atoms with van der Waals surface area (Å²) in [6.45, 7) is 0.722. The molecule has 27 heavy (non-hydrogen) atoms. The van der Waals surface area contributed by atoms with Gasteiger partial charge in [0.25, 0.3) is 5.69 Å². The summed E-state index contributed by atoms with van der Waals surface area (Å²) in [4.78, 5) is 38.4. The Hall–Kier alpha value is -2.93. The number of carbonyl (C=O) groups excluding carboxylic acids is 2. The quantitative estimate of drug-likeness (QED) is 0.561. The van der Waals surface area contributed by atoms with Gasteiger partial charge < -0.3 is 4.90 Å². The van der Waals surface area contributed by atoms with E-state index in [0.717, 1.165) is 12.0 Å². The molecule has 0 aromatic heterocycles. The monoisotopic (exact) mass is 387 g/mol. The van der Waals surface area contributed by atoms with Crippen LogP contribution in [0.3, 0.4) is 0 Å². The minimum absolute atomic E-state index is 0.00112. The number of nitrogens with zero attached hydrogens (tertiary/aromatic N) is 3. The maximum Gasteiger partial charge on any atom is 0.269 e. The van der Waals surface area contributed by atoms with Crippen molar-refractivity contribution in [2.45, 2.75) is 19.3 Å². The van der Waals surface area contributed by atoms with Crippen LogP contribution >= 0.6 is 11.6 Å². The third-order valence-electron chi connectivity index (χ3n) is 4.43. The molecule has 1 fully saturated rings. The van der Waals surface area contributed by atoms with E-state index in [-0.39, 0.29) is 30.6 Å². The predicted octanol–water partition coefficient (Wildman–Crippen LogP) is 3.40. The molecule has 0 atom stereocenters.